The molecule has 0 spiro atoms. The molecule has 1 unspecified atom stereocenters. The molecule has 0 heterocycles. The van der Waals surface area contributed by atoms with E-state index >= 15 is 0 Å². The third-order valence-corrected chi connectivity index (χ3v) is 6.50. The summed E-state index contributed by atoms with van der Waals surface area (Å²) in [6, 6.07) is 10.5. The Morgan fingerprint density at radius 1 is 1.10 bits per heavy atom. The van der Waals surface area contributed by atoms with Crippen molar-refractivity contribution in [2.75, 3.05) is 25.1 Å². The monoisotopic (exact) mass is 454 g/mol. The maximum Gasteiger partial charge on any atom is 0.264 e. The minimum absolute atomic E-state index is 0.0236. The fraction of sp³-hybridized carbons (Fsp3) is 0.381. The van der Waals surface area contributed by atoms with E-state index in [4.69, 9.17) is 21.1 Å². The van der Waals surface area contributed by atoms with Crippen LogP contribution in [-0.2, 0) is 14.8 Å². The van der Waals surface area contributed by atoms with Crippen LogP contribution in [0.1, 0.15) is 26.7 Å². The highest BCUT2D eigenvalue weighted by Gasteiger charge is 2.28. The van der Waals surface area contributed by atoms with E-state index in [9.17, 15) is 13.2 Å². The van der Waals surface area contributed by atoms with Crippen molar-refractivity contribution in [1.29, 1.82) is 0 Å². The second-order valence-electron chi connectivity index (χ2n) is 6.76. The van der Waals surface area contributed by atoms with E-state index < -0.39 is 15.9 Å². The number of nitrogens with one attached hydrogen (secondary N) is 1. The number of halogens is 1. The summed E-state index contributed by atoms with van der Waals surface area (Å²) >= 11 is 5.95. The van der Waals surface area contributed by atoms with Crippen LogP contribution in [0.5, 0.6) is 11.5 Å². The Bertz CT molecular complexity index is 964. The van der Waals surface area contributed by atoms with E-state index in [0.29, 0.717) is 16.5 Å². The second-order valence-corrected chi connectivity index (χ2v) is 9.06. The first kappa shape index (κ1) is 23.8. The van der Waals surface area contributed by atoms with Gasteiger partial charge in [-0.15, -0.1) is 0 Å². The molecule has 0 saturated heterocycles. The van der Waals surface area contributed by atoms with E-state index in [-0.39, 0.29) is 23.2 Å². The average molecular weight is 455 g/mol. The number of rotatable bonds is 10. The van der Waals surface area contributed by atoms with Gasteiger partial charge in [-0.1, -0.05) is 24.9 Å². The molecule has 1 atom stereocenters. The van der Waals surface area contributed by atoms with Gasteiger partial charge in [0.05, 0.1) is 24.8 Å². The zero-order chi connectivity index (χ0) is 22.3. The van der Waals surface area contributed by atoms with Crippen LogP contribution in [0.2, 0.25) is 5.02 Å². The number of carbonyl (C=O) groups excluding carboxylic acids is 1. The number of ether oxygens (including phenoxy) is 2. The van der Waals surface area contributed by atoms with Gasteiger partial charge in [-0.3, -0.25) is 9.10 Å². The lowest BCUT2D eigenvalue weighted by Gasteiger charge is -2.25. The van der Waals surface area contributed by atoms with E-state index in [0.717, 1.165) is 17.1 Å². The van der Waals surface area contributed by atoms with Gasteiger partial charge < -0.3 is 14.8 Å². The predicted molar refractivity (Wildman–Crippen MR) is 118 cm³/mol. The Kier molecular flexibility index (Phi) is 8.37. The van der Waals surface area contributed by atoms with Crippen LogP contribution < -0.4 is 19.1 Å². The lowest BCUT2D eigenvalue weighted by atomic mass is 10.2. The molecule has 0 aliphatic heterocycles. The molecule has 1 N–H and O–H groups in total. The number of benzene rings is 2. The molecule has 2 aromatic rings. The van der Waals surface area contributed by atoms with Crippen molar-refractivity contribution < 1.29 is 22.7 Å². The Morgan fingerprint density at radius 2 is 1.73 bits per heavy atom. The Hall–Kier alpha value is -2.45. The molecular formula is C21H27ClN2O5S. The van der Waals surface area contributed by atoms with Gasteiger partial charge >= 0.3 is 0 Å². The molecule has 7 nitrogen and oxygen atoms in total. The van der Waals surface area contributed by atoms with E-state index in [1.807, 2.05) is 13.8 Å². The normalized spacial score (nSPS) is 12.2. The first-order chi connectivity index (χ1) is 14.2. The molecule has 0 fully saturated rings. The number of anilines is 1. The standard InChI is InChI=1S/C21H27ClN2O5S/c1-5-6-15(2)23-21(25)14-24(17-9-7-16(22)8-10-17)30(26,27)18-11-12-19(28-3)20(13-18)29-4/h7-13,15H,5-6,14H2,1-4H3,(H,23,25). The fourth-order valence-electron chi connectivity index (χ4n) is 2.98. The van der Waals surface area contributed by atoms with Crippen molar-refractivity contribution in [2.45, 2.75) is 37.6 Å². The van der Waals surface area contributed by atoms with Gasteiger partial charge in [0.25, 0.3) is 10.0 Å². The summed E-state index contributed by atoms with van der Waals surface area (Å²) in [7, 11) is -1.18. The van der Waals surface area contributed by atoms with Gasteiger partial charge in [-0.05, 0) is 49.7 Å². The van der Waals surface area contributed by atoms with Gasteiger partial charge in [0, 0.05) is 17.1 Å². The third kappa shape index (κ3) is 5.79. The smallest absolute Gasteiger partial charge is 0.264 e. The van der Waals surface area contributed by atoms with Crippen molar-refractivity contribution in [3.05, 3.63) is 47.5 Å². The first-order valence-corrected chi connectivity index (χ1v) is 11.3. The molecule has 9 heteroatoms. The van der Waals surface area contributed by atoms with Gasteiger partial charge in [0.1, 0.15) is 6.54 Å². The number of carbonyl (C=O) groups is 1. The van der Waals surface area contributed by atoms with E-state index in [1.165, 1.54) is 32.4 Å². The SMILES string of the molecule is CCCC(C)NC(=O)CN(c1ccc(Cl)cc1)S(=O)(=O)c1ccc(OC)c(OC)c1. The molecular weight excluding hydrogens is 428 g/mol. The summed E-state index contributed by atoms with van der Waals surface area (Å²) < 4.78 is 38.4. The molecule has 2 rings (SSSR count). The van der Waals surface area contributed by atoms with Crippen LogP contribution in [0.25, 0.3) is 0 Å². The molecule has 0 radical (unpaired) electrons. The highest BCUT2D eigenvalue weighted by Crippen LogP contribution is 2.32. The lowest BCUT2D eigenvalue weighted by molar-refractivity contribution is -0.120. The highest BCUT2D eigenvalue weighted by molar-refractivity contribution is 7.92. The van der Waals surface area contributed by atoms with Crippen molar-refractivity contribution >= 4 is 33.2 Å². The van der Waals surface area contributed by atoms with Crippen LogP contribution >= 0.6 is 11.6 Å². The topological polar surface area (TPSA) is 84.9 Å². The van der Waals surface area contributed by atoms with Crippen LogP contribution in [-0.4, -0.2) is 41.1 Å². The summed E-state index contributed by atoms with van der Waals surface area (Å²) in [5.41, 5.74) is 0.326. The maximum absolute atomic E-state index is 13.4. The molecule has 0 bridgehead atoms. The molecule has 0 aliphatic carbocycles. The van der Waals surface area contributed by atoms with Crippen LogP contribution in [0.4, 0.5) is 5.69 Å². The minimum atomic E-state index is -4.07. The number of hydrogen-bond acceptors (Lipinski definition) is 5. The Labute approximate surface area is 183 Å². The van der Waals surface area contributed by atoms with Crippen LogP contribution in [0, 0.1) is 0 Å². The molecule has 0 aromatic heterocycles. The van der Waals surface area contributed by atoms with Gasteiger partial charge in [0.15, 0.2) is 11.5 Å². The van der Waals surface area contributed by atoms with Crippen molar-refractivity contribution in [3.63, 3.8) is 0 Å². The largest absolute Gasteiger partial charge is 0.493 e. The summed E-state index contributed by atoms with van der Waals surface area (Å²) in [4.78, 5) is 12.6. The maximum atomic E-state index is 13.4. The Balaban J connectivity index is 2.44. The van der Waals surface area contributed by atoms with Gasteiger partial charge in [0.2, 0.25) is 5.91 Å². The third-order valence-electron chi connectivity index (χ3n) is 4.47. The number of nitrogens with zero attached hydrogens (tertiary/aromatic N) is 1. The summed E-state index contributed by atoms with van der Waals surface area (Å²) in [6.45, 7) is 3.54. The van der Waals surface area contributed by atoms with Crippen LogP contribution in [0.3, 0.4) is 0 Å². The first-order valence-electron chi connectivity index (χ1n) is 9.52. The van der Waals surface area contributed by atoms with Gasteiger partial charge in [-0.2, -0.15) is 0 Å². The highest BCUT2D eigenvalue weighted by atomic mass is 35.5. The lowest BCUT2D eigenvalue weighted by Crippen LogP contribution is -2.43. The zero-order valence-corrected chi connectivity index (χ0v) is 19.1. The van der Waals surface area contributed by atoms with Crippen molar-refractivity contribution in [1.82, 2.24) is 5.32 Å². The summed E-state index contributed by atoms with van der Waals surface area (Å²) in [6.07, 6.45) is 1.71. The van der Waals surface area contributed by atoms with E-state index in [2.05, 4.69) is 5.32 Å². The zero-order valence-electron chi connectivity index (χ0n) is 17.5. The predicted octanol–water partition coefficient (Wildman–Crippen LogP) is 3.86. The number of sulfonamides is 1. The molecule has 30 heavy (non-hydrogen) atoms. The minimum Gasteiger partial charge on any atom is -0.493 e. The van der Waals surface area contributed by atoms with Crippen LogP contribution in [0.15, 0.2) is 47.4 Å². The van der Waals surface area contributed by atoms with Gasteiger partial charge in [-0.25, -0.2) is 8.42 Å². The fourth-order valence-corrected chi connectivity index (χ4v) is 4.55. The quantitative estimate of drug-likeness (QED) is 0.589. The number of methoxy groups -OCH3 is 2. The molecule has 0 saturated carbocycles. The van der Waals surface area contributed by atoms with E-state index in [1.54, 1.807) is 24.3 Å². The second kappa shape index (κ2) is 10.5. The molecule has 1 amide bonds. The molecule has 164 valence electrons. The Morgan fingerprint density at radius 3 is 2.30 bits per heavy atom. The van der Waals surface area contributed by atoms with Crippen molar-refractivity contribution in [2.24, 2.45) is 0 Å². The molecule has 2 aromatic carbocycles. The average Bonchev–Trinajstić information content (AvgIpc) is 2.72. The molecule has 0 aliphatic rings. The number of amides is 1. The summed E-state index contributed by atoms with van der Waals surface area (Å²) in [5.74, 6) is 0.284. The number of hydrogen-bond donors (Lipinski definition) is 1. The van der Waals surface area contributed by atoms with Crippen molar-refractivity contribution in [3.8, 4) is 11.5 Å². The summed E-state index contributed by atoms with van der Waals surface area (Å²) in [5, 5.41) is 3.30.